The third-order valence-corrected chi connectivity index (χ3v) is 23.9. The van der Waals surface area contributed by atoms with Gasteiger partial charge in [-0.3, -0.25) is 0 Å². The fourth-order valence-electron chi connectivity index (χ4n) is 18.4. The molecule has 32 heteroatoms. The maximum atomic E-state index is 12.0. The lowest BCUT2D eigenvalue weighted by Gasteiger charge is -2.61. The molecule has 40 atom stereocenters. The zero-order chi connectivity index (χ0) is 67.8. The van der Waals surface area contributed by atoms with Crippen LogP contribution in [0.4, 0.5) is 0 Å². The van der Waals surface area contributed by atoms with E-state index in [1.54, 1.807) is 7.11 Å². The largest absolute Gasteiger partial charge is 0.394 e. The number of fused-ring (bicyclic) bond motifs is 7. The number of hydrogen-bond acceptors (Lipinski definition) is 32. The zero-order valence-corrected chi connectivity index (χ0v) is 53.6. The van der Waals surface area contributed by atoms with Gasteiger partial charge in [0, 0.05) is 19.4 Å². The fourth-order valence-corrected chi connectivity index (χ4v) is 18.4. The molecule has 11 rings (SSSR count). The molecule has 4 aliphatic carbocycles. The van der Waals surface area contributed by atoms with Crippen molar-refractivity contribution in [1.29, 1.82) is 0 Å². The summed E-state index contributed by atoms with van der Waals surface area (Å²) >= 11 is 0. The van der Waals surface area contributed by atoms with Crippen molar-refractivity contribution in [1.82, 2.24) is 0 Å². The summed E-state index contributed by atoms with van der Waals surface area (Å²) in [6.45, 7) is 4.93. The molecule has 0 spiro atoms. The van der Waals surface area contributed by atoms with Crippen molar-refractivity contribution in [3.05, 3.63) is 0 Å². The Bertz CT molecular complexity index is 2420. The van der Waals surface area contributed by atoms with E-state index in [9.17, 15) is 91.9 Å². The van der Waals surface area contributed by atoms with Gasteiger partial charge in [-0.15, -0.1) is 0 Å². The molecular weight excluding hydrogens is 1260 g/mol. The van der Waals surface area contributed by atoms with E-state index in [0.29, 0.717) is 43.4 Å². The van der Waals surface area contributed by atoms with Gasteiger partial charge in [-0.2, -0.15) is 0 Å². The third kappa shape index (κ3) is 13.7. The van der Waals surface area contributed by atoms with Crippen molar-refractivity contribution < 1.29 is 158 Å². The first-order valence-corrected chi connectivity index (χ1v) is 33.6. The Labute approximate surface area is 544 Å². The Hall–Kier alpha value is -1.28. The monoisotopic (exact) mass is 1360 g/mol. The predicted octanol–water partition coefficient (Wildman–Crippen LogP) is -6.37. The van der Waals surface area contributed by atoms with Crippen LogP contribution in [0.5, 0.6) is 0 Å². The molecular formula is C62H104O32. The summed E-state index contributed by atoms with van der Waals surface area (Å²) in [5.41, 5.74) is -0.0324. The number of ether oxygens (including phenoxy) is 14. The van der Waals surface area contributed by atoms with E-state index in [2.05, 4.69) is 20.8 Å². The number of aliphatic hydroxyl groups excluding tert-OH is 18. The van der Waals surface area contributed by atoms with Crippen molar-refractivity contribution in [3.8, 4) is 0 Å². The van der Waals surface area contributed by atoms with E-state index in [1.807, 2.05) is 6.92 Å². The molecule has 11 aliphatic rings. The summed E-state index contributed by atoms with van der Waals surface area (Å²) in [7, 11) is 1.70. The molecule has 7 heterocycles. The highest BCUT2D eigenvalue weighted by atomic mass is 16.8. The van der Waals surface area contributed by atoms with Crippen LogP contribution in [0.1, 0.15) is 91.9 Å². The minimum absolute atomic E-state index is 0.000818. The van der Waals surface area contributed by atoms with Gasteiger partial charge in [0.1, 0.15) is 134 Å². The van der Waals surface area contributed by atoms with Gasteiger partial charge < -0.3 is 158 Å². The normalized spacial score (nSPS) is 54.9. The lowest BCUT2D eigenvalue weighted by atomic mass is 9.44. The Morgan fingerprint density at radius 2 is 0.968 bits per heavy atom. The van der Waals surface area contributed by atoms with Crippen LogP contribution in [-0.4, -0.2) is 335 Å². The first kappa shape index (κ1) is 73.9. The first-order chi connectivity index (χ1) is 44.7. The lowest BCUT2D eigenvalue weighted by molar-refractivity contribution is -0.408. The van der Waals surface area contributed by atoms with Crippen LogP contribution < -0.4 is 0 Å². The Balaban J connectivity index is 0.726. The average molecular weight is 1360 g/mol. The predicted molar refractivity (Wildman–Crippen MR) is 310 cm³/mol. The van der Waals surface area contributed by atoms with E-state index in [1.165, 1.54) is 0 Å². The summed E-state index contributed by atoms with van der Waals surface area (Å²) in [4.78, 5) is 0. The minimum Gasteiger partial charge on any atom is -0.394 e. The van der Waals surface area contributed by atoms with Gasteiger partial charge in [-0.05, 0) is 104 Å². The summed E-state index contributed by atoms with van der Waals surface area (Å²) in [5.74, 6) is 1.06. The summed E-state index contributed by atoms with van der Waals surface area (Å²) in [5, 5.41) is 194. The van der Waals surface area contributed by atoms with Gasteiger partial charge in [-0.25, -0.2) is 0 Å². The van der Waals surface area contributed by atoms with Crippen molar-refractivity contribution in [2.45, 2.75) is 282 Å². The summed E-state index contributed by atoms with van der Waals surface area (Å²) in [6, 6.07) is 0. The Morgan fingerprint density at radius 3 is 1.55 bits per heavy atom. The fraction of sp³-hybridized carbons (Fsp3) is 1.00. The van der Waals surface area contributed by atoms with E-state index >= 15 is 0 Å². The molecule has 0 radical (unpaired) electrons. The van der Waals surface area contributed by atoms with Crippen LogP contribution in [-0.2, 0) is 66.3 Å². The van der Waals surface area contributed by atoms with Crippen LogP contribution in [0, 0.1) is 52.3 Å². The molecule has 7 saturated heterocycles. The number of hydrogen-bond donors (Lipinski definition) is 18. The molecule has 0 amide bonds. The van der Waals surface area contributed by atoms with Crippen LogP contribution in [0.2, 0.25) is 0 Å². The van der Waals surface area contributed by atoms with Crippen LogP contribution in [0.15, 0.2) is 0 Å². The average Bonchev–Trinajstić information content (AvgIpc) is 1.49. The second kappa shape index (κ2) is 30.0. The SMILES string of the molecule is COC1(CC[C@@H](C)CO[C@@H]2O[C@H](CO)[C@@H](O)[C@H](O)[C@H]2O)O[C@H]2C[C@H]3[C@@H]4CC[C@H]5C[C@@H](O[C@@H]6O[C@H](CO)[C@H](O[C@@H]7O[C@H](CO)[C@@H](O)[C@H](O[C@@H]8OC[C@@H](O)[C@H](O)[C@H]8O)[C@H]7O[C@@H]7O[C@H](CO)[C@@H](O[C@@H]8OC[C@H](O)[C@H](O)[C@H]8O)[C@H](O)[C@H]7O)[C@H](O)[C@H]6O)CC[C@]5(C)[C@H]4CC[C@]3(C)[C@H]2[C@@H]1C. The van der Waals surface area contributed by atoms with Crippen LogP contribution >= 0.6 is 0 Å². The second-order valence-corrected chi connectivity index (χ2v) is 29.2. The molecule has 11 fully saturated rings. The summed E-state index contributed by atoms with van der Waals surface area (Å²) < 4.78 is 84.6. The van der Waals surface area contributed by atoms with E-state index < -0.39 is 224 Å². The molecule has 4 saturated carbocycles. The zero-order valence-electron chi connectivity index (χ0n) is 53.6. The molecule has 32 nitrogen and oxygen atoms in total. The van der Waals surface area contributed by atoms with Crippen LogP contribution in [0.25, 0.3) is 0 Å². The molecule has 18 N–H and O–H groups in total. The highest BCUT2D eigenvalue weighted by Crippen LogP contribution is 2.71. The van der Waals surface area contributed by atoms with Gasteiger partial charge in [0.15, 0.2) is 43.5 Å². The molecule has 7 aliphatic heterocycles. The van der Waals surface area contributed by atoms with Gasteiger partial charge >= 0.3 is 0 Å². The van der Waals surface area contributed by atoms with Gasteiger partial charge in [0.25, 0.3) is 0 Å². The molecule has 0 aromatic carbocycles. The van der Waals surface area contributed by atoms with Crippen molar-refractivity contribution >= 4 is 0 Å². The van der Waals surface area contributed by atoms with Crippen molar-refractivity contribution in [2.24, 2.45) is 52.3 Å². The molecule has 1 unspecified atom stereocenters. The van der Waals surface area contributed by atoms with Crippen LogP contribution in [0.3, 0.4) is 0 Å². The smallest absolute Gasteiger partial charge is 0.187 e. The molecule has 94 heavy (non-hydrogen) atoms. The minimum atomic E-state index is -2.15. The number of rotatable bonds is 21. The van der Waals surface area contributed by atoms with Gasteiger partial charge in [0.2, 0.25) is 0 Å². The maximum absolute atomic E-state index is 12.0. The standard InChI is InChI=1S/C62H104O32/c1-23(20-82-54-47(78)42(73)40(71)33(16-63)86-54)8-13-62(81-5)24(2)37-32(94-62)15-29-27-7-6-25-14-26(9-11-60(25,3)28(27)10-12-61(29,37)4)85-57-48(79)43(74)51(36(19-66)88-57)91-59-53(52(41(72)34(17-64)87-59)92-56-46(77)39(70)31(68)22-84-56)93-58-49(80)44(75)50(35(18-65)89-58)90-55-45(76)38(69)30(67)21-83-55/h23-59,63-80H,6-22H2,1-5H3/t23-,24+,25+,26+,27-,28+,29+,30+,31-,32+,33-,34-,35-,36-,37+,38+,39+,40-,41-,42+,43-,44-,45-,46-,47-,48-,49-,50-,51+,52+,53-,54-,55+,56+,57-,58+,59+,60+,61+,62?/m1/s1. The quantitative estimate of drug-likeness (QED) is 0.0475. The highest BCUT2D eigenvalue weighted by Gasteiger charge is 2.69. The third-order valence-electron chi connectivity index (χ3n) is 23.9. The van der Waals surface area contributed by atoms with E-state index in [0.717, 1.165) is 38.5 Å². The van der Waals surface area contributed by atoms with Gasteiger partial charge in [0.05, 0.1) is 58.5 Å². The highest BCUT2D eigenvalue weighted by molar-refractivity contribution is 5.15. The number of methoxy groups -OCH3 is 1. The molecule has 0 aromatic rings. The summed E-state index contributed by atoms with van der Waals surface area (Å²) in [6.07, 6.45) is -40.5. The Kier molecular flexibility index (Phi) is 23.6. The lowest BCUT2D eigenvalue weighted by Crippen LogP contribution is -2.68. The van der Waals surface area contributed by atoms with Crippen molar-refractivity contribution in [3.63, 3.8) is 0 Å². The van der Waals surface area contributed by atoms with E-state index in [4.69, 9.17) is 66.3 Å². The number of aliphatic hydroxyl groups is 18. The Morgan fingerprint density at radius 1 is 0.468 bits per heavy atom. The first-order valence-electron chi connectivity index (χ1n) is 33.6. The maximum Gasteiger partial charge on any atom is 0.187 e. The second-order valence-electron chi connectivity index (χ2n) is 29.2. The molecule has 0 bridgehead atoms. The van der Waals surface area contributed by atoms with Crippen molar-refractivity contribution in [2.75, 3.05) is 53.4 Å². The topological polar surface area (TPSA) is 493 Å². The van der Waals surface area contributed by atoms with E-state index in [-0.39, 0.29) is 47.2 Å². The molecule has 544 valence electrons. The van der Waals surface area contributed by atoms with Gasteiger partial charge in [-0.1, -0.05) is 27.7 Å². The molecule has 0 aromatic heterocycles.